The van der Waals surface area contributed by atoms with Crippen LogP contribution in [0.4, 0.5) is 5.82 Å². The first-order valence-electron chi connectivity index (χ1n) is 8.75. The lowest BCUT2D eigenvalue weighted by atomic mass is 10.1. The van der Waals surface area contributed by atoms with E-state index in [1.807, 2.05) is 37.3 Å². The van der Waals surface area contributed by atoms with Crippen LogP contribution in [0.25, 0.3) is 0 Å². The van der Waals surface area contributed by atoms with Crippen molar-refractivity contribution in [3.63, 3.8) is 0 Å². The van der Waals surface area contributed by atoms with Crippen LogP contribution in [0.15, 0.2) is 36.4 Å². The molecule has 2 amide bonds. The highest BCUT2D eigenvalue weighted by atomic mass is 16.2. The van der Waals surface area contributed by atoms with Crippen molar-refractivity contribution in [2.24, 2.45) is 13.0 Å². The summed E-state index contributed by atoms with van der Waals surface area (Å²) in [4.78, 5) is 24.7. The summed E-state index contributed by atoms with van der Waals surface area (Å²) in [5.74, 6) is 0.387. The Bertz CT molecular complexity index is 748. The molecule has 1 aliphatic rings. The SMILES string of the molecule is CC(NC(=O)c1cc(NC(=O)C2CCCC2)n(C)n1)c1ccccc1. The quantitative estimate of drug-likeness (QED) is 0.878. The van der Waals surface area contributed by atoms with E-state index < -0.39 is 0 Å². The van der Waals surface area contributed by atoms with Crippen LogP contribution in [0.1, 0.15) is 54.7 Å². The molecular weight excluding hydrogens is 316 g/mol. The summed E-state index contributed by atoms with van der Waals surface area (Å²) >= 11 is 0. The van der Waals surface area contributed by atoms with Gasteiger partial charge in [0.25, 0.3) is 5.91 Å². The number of hydrogen-bond acceptors (Lipinski definition) is 3. The summed E-state index contributed by atoms with van der Waals surface area (Å²) in [5.41, 5.74) is 1.33. The third-order valence-electron chi connectivity index (χ3n) is 4.74. The van der Waals surface area contributed by atoms with Crippen LogP contribution in [0.3, 0.4) is 0 Å². The molecule has 0 bridgehead atoms. The molecule has 0 saturated heterocycles. The minimum atomic E-state index is -0.256. The molecule has 0 spiro atoms. The maximum Gasteiger partial charge on any atom is 0.272 e. The van der Waals surface area contributed by atoms with Gasteiger partial charge in [-0.05, 0) is 25.3 Å². The molecule has 1 aromatic carbocycles. The molecule has 1 unspecified atom stereocenters. The highest BCUT2D eigenvalue weighted by Crippen LogP contribution is 2.26. The van der Waals surface area contributed by atoms with Crippen molar-refractivity contribution in [1.29, 1.82) is 0 Å². The van der Waals surface area contributed by atoms with Crippen LogP contribution in [0.5, 0.6) is 0 Å². The first kappa shape index (κ1) is 17.2. The second-order valence-electron chi connectivity index (χ2n) is 6.61. The van der Waals surface area contributed by atoms with Crippen molar-refractivity contribution in [1.82, 2.24) is 15.1 Å². The maximum atomic E-state index is 12.4. The number of benzene rings is 1. The van der Waals surface area contributed by atoms with Crippen LogP contribution >= 0.6 is 0 Å². The molecule has 25 heavy (non-hydrogen) atoms. The van der Waals surface area contributed by atoms with E-state index in [1.165, 1.54) is 4.68 Å². The summed E-state index contributed by atoms with van der Waals surface area (Å²) in [6.45, 7) is 1.93. The molecule has 1 heterocycles. The van der Waals surface area contributed by atoms with Crippen LogP contribution in [-0.2, 0) is 11.8 Å². The Morgan fingerprint density at radius 1 is 1.20 bits per heavy atom. The van der Waals surface area contributed by atoms with E-state index in [2.05, 4.69) is 15.7 Å². The number of aromatic nitrogens is 2. The number of anilines is 1. The number of carbonyl (C=O) groups is 2. The molecule has 1 atom stereocenters. The molecule has 6 nitrogen and oxygen atoms in total. The number of aryl methyl sites for hydroxylation is 1. The smallest absolute Gasteiger partial charge is 0.272 e. The first-order chi connectivity index (χ1) is 12.0. The summed E-state index contributed by atoms with van der Waals surface area (Å²) in [6, 6.07) is 11.3. The van der Waals surface area contributed by atoms with Gasteiger partial charge >= 0.3 is 0 Å². The number of rotatable bonds is 5. The Morgan fingerprint density at radius 2 is 1.88 bits per heavy atom. The number of nitrogens with zero attached hydrogens (tertiary/aromatic N) is 2. The fourth-order valence-corrected chi connectivity index (χ4v) is 3.21. The molecule has 2 aromatic rings. The minimum Gasteiger partial charge on any atom is -0.344 e. The van der Waals surface area contributed by atoms with Gasteiger partial charge in [0.1, 0.15) is 5.82 Å². The zero-order chi connectivity index (χ0) is 17.8. The van der Waals surface area contributed by atoms with Gasteiger partial charge < -0.3 is 10.6 Å². The van der Waals surface area contributed by atoms with Crippen LogP contribution in [0.2, 0.25) is 0 Å². The summed E-state index contributed by atoms with van der Waals surface area (Å²) in [7, 11) is 1.72. The topological polar surface area (TPSA) is 76.0 Å². The molecule has 0 radical (unpaired) electrons. The zero-order valence-electron chi connectivity index (χ0n) is 14.7. The number of carbonyl (C=O) groups excluding carboxylic acids is 2. The largest absolute Gasteiger partial charge is 0.344 e. The molecule has 1 saturated carbocycles. The van der Waals surface area contributed by atoms with E-state index >= 15 is 0 Å². The average molecular weight is 340 g/mol. The lowest BCUT2D eigenvalue weighted by Gasteiger charge is -2.13. The van der Waals surface area contributed by atoms with Gasteiger partial charge in [-0.15, -0.1) is 0 Å². The van der Waals surface area contributed by atoms with E-state index in [0.29, 0.717) is 11.5 Å². The van der Waals surface area contributed by atoms with Crippen molar-refractivity contribution >= 4 is 17.6 Å². The van der Waals surface area contributed by atoms with Gasteiger partial charge in [0.2, 0.25) is 5.91 Å². The van der Waals surface area contributed by atoms with E-state index in [9.17, 15) is 9.59 Å². The average Bonchev–Trinajstić information content (AvgIpc) is 3.26. The van der Waals surface area contributed by atoms with Gasteiger partial charge in [-0.1, -0.05) is 43.2 Å². The molecule has 0 aliphatic heterocycles. The maximum absolute atomic E-state index is 12.4. The molecule has 3 rings (SSSR count). The fourth-order valence-electron chi connectivity index (χ4n) is 3.21. The Kier molecular flexibility index (Phi) is 5.16. The molecule has 1 aliphatic carbocycles. The van der Waals surface area contributed by atoms with Crippen LogP contribution < -0.4 is 10.6 Å². The van der Waals surface area contributed by atoms with Crippen LogP contribution in [0, 0.1) is 5.92 Å². The fraction of sp³-hybridized carbons (Fsp3) is 0.421. The highest BCUT2D eigenvalue weighted by molar-refractivity contribution is 5.96. The summed E-state index contributed by atoms with van der Waals surface area (Å²) in [5, 5.41) is 10.1. The van der Waals surface area contributed by atoms with Gasteiger partial charge in [0.15, 0.2) is 5.69 Å². The second kappa shape index (κ2) is 7.51. The summed E-state index contributed by atoms with van der Waals surface area (Å²) in [6.07, 6.45) is 4.08. The third kappa shape index (κ3) is 4.07. The van der Waals surface area contributed by atoms with Gasteiger partial charge in [-0.25, -0.2) is 0 Å². The minimum absolute atomic E-state index is 0.0186. The van der Waals surface area contributed by atoms with E-state index in [0.717, 1.165) is 31.2 Å². The number of nitrogens with one attached hydrogen (secondary N) is 2. The van der Waals surface area contributed by atoms with Gasteiger partial charge in [0.05, 0.1) is 6.04 Å². The molecule has 2 N–H and O–H groups in total. The van der Waals surface area contributed by atoms with E-state index in [4.69, 9.17) is 0 Å². The van der Waals surface area contributed by atoms with Crippen molar-refractivity contribution in [3.8, 4) is 0 Å². The predicted molar refractivity (Wildman–Crippen MR) is 96.1 cm³/mol. The van der Waals surface area contributed by atoms with Crippen molar-refractivity contribution < 1.29 is 9.59 Å². The molecule has 132 valence electrons. The second-order valence-corrected chi connectivity index (χ2v) is 6.61. The molecular formula is C19H24N4O2. The van der Waals surface area contributed by atoms with Crippen LogP contribution in [-0.4, -0.2) is 21.6 Å². The predicted octanol–water partition coefficient (Wildman–Crippen LogP) is 3.04. The Balaban J connectivity index is 1.64. The van der Waals surface area contributed by atoms with Crippen molar-refractivity contribution in [3.05, 3.63) is 47.7 Å². The van der Waals surface area contributed by atoms with Gasteiger partial charge in [-0.2, -0.15) is 5.10 Å². The molecule has 1 aromatic heterocycles. The van der Waals surface area contributed by atoms with Gasteiger partial charge in [0, 0.05) is 19.0 Å². The van der Waals surface area contributed by atoms with Crippen molar-refractivity contribution in [2.45, 2.75) is 38.6 Å². The zero-order valence-corrected chi connectivity index (χ0v) is 14.7. The Labute approximate surface area is 147 Å². The third-order valence-corrected chi connectivity index (χ3v) is 4.74. The number of hydrogen-bond donors (Lipinski definition) is 2. The van der Waals surface area contributed by atoms with E-state index in [-0.39, 0.29) is 23.8 Å². The monoisotopic (exact) mass is 340 g/mol. The lowest BCUT2D eigenvalue weighted by Crippen LogP contribution is -2.27. The normalized spacial score (nSPS) is 15.8. The number of amides is 2. The lowest BCUT2D eigenvalue weighted by molar-refractivity contribution is -0.119. The van der Waals surface area contributed by atoms with Crippen molar-refractivity contribution in [2.75, 3.05) is 5.32 Å². The first-order valence-corrected chi connectivity index (χ1v) is 8.75. The summed E-state index contributed by atoms with van der Waals surface area (Å²) < 4.78 is 1.54. The molecule has 1 fully saturated rings. The standard InChI is InChI=1S/C19H24N4O2/c1-13(14-8-4-3-5-9-14)20-19(25)16-12-17(23(2)22-16)21-18(24)15-10-6-7-11-15/h3-5,8-9,12-13,15H,6-7,10-11H2,1-2H3,(H,20,25)(H,21,24). The highest BCUT2D eigenvalue weighted by Gasteiger charge is 2.24. The Morgan fingerprint density at radius 3 is 2.56 bits per heavy atom. The van der Waals surface area contributed by atoms with E-state index in [1.54, 1.807) is 13.1 Å². The van der Waals surface area contributed by atoms with Gasteiger partial charge in [-0.3, -0.25) is 14.3 Å². The Hall–Kier alpha value is -2.63. The molecule has 6 heteroatoms.